The molecule has 2 aromatic rings. The van der Waals surface area contributed by atoms with Gasteiger partial charge in [-0.25, -0.2) is 0 Å². The number of benzene rings is 2. The van der Waals surface area contributed by atoms with Gasteiger partial charge in [-0.05, 0) is 68.4 Å². The molecule has 1 N–H and O–H groups in total. The lowest BCUT2D eigenvalue weighted by Crippen LogP contribution is -2.39. The zero-order valence-electron chi connectivity index (χ0n) is 15.7. The molecule has 2 amide bonds. The maximum absolute atomic E-state index is 13.2. The zero-order chi connectivity index (χ0) is 18.8. The second kappa shape index (κ2) is 7.55. The van der Waals surface area contributed by atoms with Crippen LogP contribution in [-0.4, -0.2) is 22.8 Å². The Balaban J connectivity index is 1.48. The van der Waals surface area contributed by atoms with Crippen LogP contribution in [0.15, 0.2) is 54.6 Å². The van der Waals surface area contributed by atoms with Crippen molar-refractivity contribution in [3.05, 3.63) is 65.7 Å². The highest BCUT2D eigenvalue weighted by Gasteiger charge is 2.34. The number of carbonyl (C=O) groups is 2. The van der Waals surface area contributed by atoms with Crippen molar-refractivity contribution in [2.75, 3.05) is 5.32 Å². The topological polar surface area (TPSA) is 49.4 Å². The van der Waals surface area contributed by atoms with Gasteiger partial charge in [-0.15, -0.1) is 0 Å². The minimum Gasteiger partial charge on any atom is -0.331 e. The Morgan fingerprint density at radius 1 is 1.00 bits per heavy atom. The summed E-state index contributed by atoms with van der Waals surface area (Å²) in [4.78, 5) is 27.1. The van der Waals surface area contributed by atoms with Crippen molar-refractivity contribution in [2.45, 2.75) is 45.2 Å². The fourth-order valence-electron chi connectivity index (χ4n) is 3.47. The van der Waals surface area contributed by atoms with Crippen LogP contribution in [0, 0.1) is 11.8 Å². The van der Waals surface area contributed by atoms with E-state index in [2.05, 4.69) is 24.4 Å². The van der Waals surface area contributed by atoms with Gasteiger partial charge < -0.3 is 10.2 Å². The molecule has 1 unspecified atom stereocenters. The first-order chi connectivity index (χ1) is 13.1. The van der Waals surface area contributed by atoms with E-state index in [-0.39, 0.29) is 23.8 Å². The minimum atomic E-state index is 0.0540. The summed E-state index contributed by atoms with van der Waals surface area (Å²) in [6, 6.07) is 17.7. The van der Waals surface area contributed by atoms with Crippen molar-refractivity contribution in [1.29, 1.82) is 0 Å². The number of rotatable bonds is 7. The number of nitrogens with one attached hydrogen (secondary N) is 1. The highest BCUT2D eigenvalue weighted by molar-refractivity contribution is 5.97. The summed E-state index contributed by atoms with van der Waals surface area (Å²) in [5.41, 5.74) is 2.57. The predicted octanol–water partition coefficient (Wildman–Crippen LogP) is 4.48. The Bertz CT molecular complexity index is 808. The monoisotopic (exact) mass is 362 g/mol. The molecule has 0 saturated heterocycles. The molecule has 2 aliphatic carbocycles. The van der Waals surface area contributed by atoms with Gasteiger partial charge in [0.25, 0.3) is 5.91 Å². The molecule has 0 aromatic heterocycles. The molecule has 27 heavy (non-hydrogen) atoms. The molecule has 1 atom stereocenters. The number of anilines is 1. The standard InChI is InChI=1S/C23H26N2O2/c1-16(18-7-8-18)25(15-17-5-3-2-4-6-17)23(27)20-11-13-21(14-12-20)24-22(26)19-9-10-19/h2-6,11-14,16,18-19H,7-10,15H2,1H3,(H,24,26). The first-order valence-electron chi connectivity index (χ1n) is 9.87. The van der Waals surface area contributed by atoms with Gasteiger partial charge in [0.2, 0.25) is 5.91 Å². The second-order valence-corrected chi connectivity index (χ2v) is 7.84. The van der Waals surface area contributed by atoms with Crippen LogP contribution in [0.4, 0.5) is 5.69 Å². The largest absolute Gasteiger partial charge is 0.331 e. The normalized spacial score (nSPS) is 17.2. The van der Waals surface area contributed by atoms with Gasteiger partial charge in [0, 0.05) is 29.8 Å². The molecule has 4 heteroatoms. The van der Waals surface area contributed by atoms with E-state index in [1.54, 1.807) is 0 Å². The summed E-state index contributed by atoms with van der Waals surface area (Å²) in [5, 5.41) is 2.93. The van der Waals surface area contributed by atoms with Crippen molar-refractivity contribution in [1.82, 2.24) is 4.90 Å². The third-order valence-corrected chi connectivity index (χ3v) is 5.60. The van der Waals surface area contributed by atoms with Crippen LogP contribution in [0.5, 0.6) is 0 Å². The molecule has 0 bridgehead atoms. The lowest BCUT2D eigenvalue weighted by Gasteiger charge is -2.30. The minimum absolute atomic E-state index is 0.0540. The van der Waals surface area contributed by atoms with Gasteiger partial charge >= 0.3 is 0 Å². The Labute approximate surface area is 160 Å². The summed E-state index contributed by atoms with van der Waals surface area (Å²) < 4.78 is 0. The molecular formula is C23H26N2O2. The predicted molar refractivity (Wildman–Crippen MR) is 106 cm³/mol. The Morgan fingerprint density at radius 3 is 2.26 bits per heavy atom. The van der Waals surface area contributed by atoms with E-state index in [1.807, 2.05) is 47.4 Å². The van der Waals surface area contributed by atoms with Gasteiger partial charge in [-0.1, -0.05) is 30.3 Å². The van der Waals surface area contributed by atoms with Crippen LogP contribution in [0.25, 0.3) is 0 Å². The fourth-order valence-corrected chi connectivity index (χ4v) is 3.47. The molecule has 0 aliphatic heterocycles. The molecule has 2 aromatic carbocycles. The van der Waals surface area contributed by atoms with Crippen LogP contribution in [0.2, 0.25) is 0 Å². The van der Waals surface area contributed by atoms with Crippen LogP contribution in [0.3, 0.4) is 0 Å². The molecule has 4 nitrogen and oxygen atoms in total. The van der Waals surface area contributed by atoms with Crippen LogP contribution in [-0.2, 0) is 11.3 Å². The van der Waals surface area contributed by atoms with E-state index in [9.17, 15) is 9.59 Å². The first kappa shape index (κ1) is 17.8. The molecular weight excluding hydrogens is 336 g/mol. The van der Waals surface area contributed by atoms with Gasteiger partial charge in [0.15, 0.2) is 0 Å². The molecule has 2 saturated carbocycles. The van der Waals surface area contributed by atoms with Gasteiger partial charge in [0.05, 0.1) is 0 Å². The molecule has 0 heterocycles. The van der Waals surface area contributed by atoms with Gasteiger partial charge in [0.1, 0.15) is 0 Å². The number of nitrogens with zero attached hydrogens (tertiary/aromatic N) is 1. The van der Waals surface area contributed by atoms with Crippen LogP contribution < -0.4 is 5.32 Å². The van der Waals surface area contributed by atoms with E-state index in [0.29, 0.717) is 18.0 Å². The highest BCUT2D eigenvalue weighted by atomic mass is 16.2. The van der Waals surface area contributed by atoms with E-state index < -0.39 is 0 Å². The van der Waals surface area contributed by atoms with Crippen molar-refractivity contribution in [3.8, 4) is 0 Å². The fraction of sp³-hybridized carbons (Fsp3) is 0.391. The van der Waals surface area contributed by atoms with E-state index >= 15 is 0 Å². The van der Waals surface area contributed by atoms with E-state index in [1.165, 1.54) is 12.8 Å². The smallest absolute Gasteiger partial charge is 0.254 e. The summed E-state index contributed by atoms with van der Waals surface area (Å²) >= 11 is 0. The third kappa shape index (κ3) is 4.38. The molecule has 140 valence electrons. The summed E-state index contributed by atoms with van der Waals surface area (Å²) in [6.07, 6.45) is 4.36. The van der Waals surface area contributed by atoms with Crippen molar-refractivity contribution in [2.24, 2.45) is 11.8 Å². The quantitative estimate of drug-likeness (QED) is 0.790. The van der Waals surface area contributed by atoms with E-state index in [4.69, 9.17) is 0 Å². The zero-order valence-corrected chi connectivity index (χ0v) is 15.7. The SMILES string of the molecule is CC(C1CC1)N(Cc1ccccc1)C(=O)c1ccc(NC(=O)C2CC2)cc1. The Morgan fingerprint density at radius 2 is 1.67 bits per heavy atom. The number of hydrogen-bond donors (Lipinski definition) is 1. The highest BCUT2D eigenvalue weighted by Crippen LogP contribution is 2.36. The maximum Gasteiger partial charge on any atom is 0.254 e. The third-order valence-electron chi connectivity index (χ3n) is 5.60. The lowest BCUT2D eigenvalue weighted by atomic mass is 10.1. The van der Waals surface area contributed by atoms with Gasteiger partial charge in [-0.3, -0.25) is 9.59 Å². The Kier molecular flexibility index (Phi) is 4.97. The molecule has 2 aliphatic rings. The Hall–Kier alpha value is -2.62. The number of carbonyl (C=O) groups excluding carboxylic acids is 2. The van der Waals surface area contributed by atoms with Crippen LogP contribution >= 0.6 is 0 Å². The average Bonchev–Trinajstić information content (AvgIpc) is 3.59. The average molecular weight is 362 g/mol. The molecule has 0 radical (unpaired) electrons. The lowest BCUT2D eigenvalue weighted by molar-refractivity contribution is -0.117. The van der Waals surface area contributed by atoms with Crippen LogP contribution in [0.1, 0.15) is 48.5 Å². The molecule has 0 spiro atoms. The summed E-state index contributed by atoms with van der Waals surface area (Å²) in [7, 11) is 0. The summed E-state index contributed by atoms with van der Waals surface area (Å²) in [6.45, 7) is 2.78. The van der Waals surface area contributed by atoms with Crippen molar-refractivity contribution < 1.29 is 9.59 Å². The molecule has 4 rings (SSSR count). The van der Waals surface area contributed by atoms with E-state index in [0.717, 1.165) is 24.1 Å². The van der Waals surface area contributed by atoms with Crippen molar-refractivity contribution in [3.63, 3.8) is 0 Å². The molecule has 2 fully saturated rings. The number of hydrogen-bond acceptors (Lipinski definition) is 2. The van der Waals surface area contributed by atoms with Crippen molar-refractivity contribution >= 4 is 17.5 Å². The maximum atomic E-state index is 13.2. The number of amides is 2. The van der Waals surface area contributed by atoms with Gasteiger partial charge in [-0.2, -0.15) is 0 Å². The first-order valence-corrected chi connectivity index (χ1v) is 9.87. The summed E-state index contributed by atoms with van der Waals surface area (Å²) in [5.74, 6) is 0.919. The second-order valence-electron chi connectivity index (χ2n) is 7.84.